The average molecular weight is 474 g/mol. The monoisotopic (exact) mass is 473 g/mol. The quantitative estimate of drug-likeness (QED) is 0.536. The number of anilines is 1. The molecule has 5 rings (SSSR count). The van der Waals surface area contributed by atoms with Gasteiger partial charge in [-0.05, 0) is 30.5 Å². The van der Waals surface area contributed by atoms with Gasteiger partial charge in [-0.1, -0.05) is 35.2 Å². The second-order valence-corrected chi connectivity index (χ2v) is 12.6. The van der Waals surface area contributed by atoms with Crippen LogP contribution in [-0.2, 0) is 11.4 Å². The van der Waals surface area contributed by atoms with Crippen molar-refractivity contribution in [2.45, 2.75) is 15.9 Å². The van der Waals surface area contributed by atoms with E-state index in [2.05, 4.69) is 34.3 Å². The van der Waals surface area contributed by atoms with Gasteiger partial charge in [0.05, 0.1) is 29.6 Å². The first-order chi connectivity index (χ1) is 15.0. The van der Waals surface area contributed by atoms with Gasteiger partial charge in [-0.25, -0.2) is 0 Å². The fraction of sp³-hybridized carbons (Fsp3) is 0.409. The second-order valence-electron chi connectivity index (χ2n) is 8.30. The topological polar surface area (TPSA) is 69.7 Å². The summed E-state index contributed by atoms with van der Waals surface area (Å²) in [5.74, 6) is 0. The van der Waals surface area contributed by atoms with E-state index in [1.165, 1.54) is 11.3 Å². The van der Waals surface area contributed by atoms with E-state index in [-0.39, 0.29) is 4.75 Å². The molecule has 9 heteroatoms. The molecule has 2 N–H and O–H groups in total. The fourth-order valence-electron chi connectivity index (χ4n) is 4.21. The minimum atomic E-state index is -1.23. The Balaban J connectivity index is 1.36. The predicted octanol–water partition coefficient (Wildman–Crippen LogP) is 3.55. The molecule has 1 aromatic carbocycles. The third-order valence-electron chi connectivity index (χ3n) is 5.79. The highest BCUT2D eigenvalue weighted by Gasteiger charge is 2.35. The van der Waals surface area contributed by atoms with Crippen LogP contribution in [0.15, 0.2) is 51.0 Å². The number of aromatic nitrogens is 1. The lowest BCUT2D eigenvalue weighted by molar-refractivity contribution is 0.224. The van der Waals surface area contributed by atoms with Gasteiger partial charge in [-0.15, -0.1) is 0 Å². The average Bonchev–Trinajstić information content (AvgIpc) is 3.52. The van der Waals surface area contributed by atoms with Gasteiger partial charge in [-0.2, -0.15) is 4.31 Å². The van der Waals surface area contributed by atoms with Crippen molar-refractivity contribution in [3.63, 3.8) is 0 Å². The van der Waals surface area contributed by atoms with Gasteiger partial charge in [0, 0.05) is 44.2 Å². The molecule has 2 atom stereocenters. The van der Waals surface area contributed by atoms with Crippen LogP contribution in [0.2, 0.25) is 0 Å². The smallest absolute Gasteiger partial charge is 0.233 e. The maximum absolute atomic E-state index is 13.0. The lowest BCUT2D eigenvalue weighted by Gasteiger charge is -2.33. The SMILES string of the molecule is CN(c1cccc2cc(C3=NCC(C)(CN4CCNCC4)S3)[nH]c12)[S+]([O-])c1cccs1. The van der Waals surface area contributed by atoms with E-state index in [1.54, 1.807) is 0 Å². The van der Waals surface area contributed by atoms with Crippen molar-refractivity contribution >= 4 is 56.1 Å². The number of aliphatic imine (C=N–C) groups is 1. The van der Waals surface area contributed by atoms with Crippen molar-refractivity contribution < 1.29 is 4.55 Å². The van der Waals surface area contributed by atoms with Crippen LogP contribution in [0.1, 0.15) is 12.6 Å². The molecule has 1 saturated heterocycles. The van der Waals surface area contributed by atoms with Crippen LogP contribution in [-0.4, -0.2) is 70.5 Å². The van der Waals surface area contributed by atoms with Crippen molar-refractivity contribution in [2.75, 3.05) is 50.6 Å². The summed E-state index contributed by atoms with van der Waals surface area (Å²) in [6.07, 6.45) is 0. The number of H-pyrrole nitrogens is 1. The molecule has 0 aliphatic carbocycles. The van der Waals surface area contributed by atoms with Gasteiger partial charge in [0.1, 0.15) is 22.1 Å². The van der Waals surface area contributed by atoms with Crippen LogP contribution in [0, 0.1) is 0 Å². The lowest BCUT2D eigenvalue weighted by Crippen LogP contribution is -2.49. The molecule has 2 unspecified atom stereocenters. The molecule has 2 aliphatic heterocycles. The zero-order valence-corrected chi connectivity index (χ0v) is 20.2. The first kappa shape index (κ1) is 21.4. The number of thiophene rings is 1. The van der Waals surface area contributed by atoms with E-state index in [0.717, 1.165) is 70.8 Å². The molecule has 2 aliphatic rings. The lowest BCUT2D eigenvalue weighted by atomic mass is 10.1. The number of hydrogen-bond donors (Lipinski definition) is 2. The molecule has 0 bridgehead atoms. The summed E-state index contributed by atoms with van der Waals surface area (Å²) in [5, 5.41) is 7.57. The molecule has 0 amide bonds. The van der Waals surface area contributed by atoms with Gasteiger partial charge in [-0.3, -0.25) is 9.89 Å². The third kappa shape index (κ3) is 4.40. The number of piperazine rings is 1. The first-order valence-corrected chi connectivity index (χ1v) is 13.3. The molecular weight excluding hydrogens is 446 g/mol. The van der Waals surface area contributed by atoms with E-state index in [4.69, 9.17) is 4.99 Å². The zero-order chi connectivity index (χ0) is 21.4. The Morgan fingerprint density at radius 1 is 1.26 bits per heavy atom. The Morgan fingerprint density at radius 2 is 2.10 bits per heavy atom. The van der Waals surface area contributed by atoms with E-state index in [1.807, 2.05) is 52.8 Å². The van der Waals surface area contributed by atoms with Gasteiger partial charge < -0.3 is 14.9 Å². The number of hydrogen-bond acceptors (Lipinski definition) is 7. The van der Waals surface area contributed by atoms with Gasteiger partial charge in [0.25, 0.3) is 0 Å². The summed E-state index contributed by atoms with van der Waals surface area (Å²) in [7, 11) is 1.89. The first-order valence-electron chi connectivity index (χ1n) is 10.5. The van der Waals surface area contributed by atoms with Crippen molar-refractivity contribution in [3.05, 3.63) is 47.5 Å². The second kappa shape index (κ2) is 8.80. The van der Waals surface area contributed by atoms with Crippen LogP contribution in [0.5, 0.6) is 0 Å². The molecule has 0 saturated carbocycles. The molecule has 2 aromatic heterocycles. The highest BCUT2D eigenvalue weighted by molar-refractivity contribution is 8.15. The van der Waals surface area contributed by atoms with Crippen molar-refractivity contribution in [2.24, 2.45) is 4.99 Å². The van der Waals surface area contributed by atoms with Crippen LogP contribution in [0.4, 0.5) is 5.69 Å². The maximum Gasteiger partial charge on any atom is 0.233 e. The van der Waals surface area contributed by atoms with Gasteiger partial charge in [0.15, 0.2) is 0 Å². The van der Waals surface area contributed by atoms with Crippen molar-refractivity contribution in [1.29, 1.82) is 0 Å². The Labute approximate surface area is 194 Å². The van der Waals surface area contributed by atoms with Crippen molar-refractivity contribution in [1.82, 2.24) is 15.2 Å². The molecule has 31 heavy (non-hydrogen) atoms. The number of aromatic amines is 1. The Morgan fingerprint density at radius 3 is 2.87 bits per heavy atom. The standard InChI is InChI=1S/C22H27N5OS3/c1-22(15-27-10-8-23-9-11-27)14-24-21(30-22)17-13-16-5-3-6-18(20(16)25-17)26(2)31(28)19-7-4-12-29-19/h3-7,12-13,23,25H,8-11,14-15H2,1-2H3. The maximum atomic E-state index is 13.0. The van der Waals surface area contributed by atoms with Gasteiger partial charge in [0.2, 0.25) is 4.21 Å². The minimum absolute atomic E-state index is 0.101. The highest BCUT2D eigenvalue weighted by Crippen LogP contribution is 2.38. The van der Waals surface area contributed by atoms with E-state index >= 15 is 0 Å². The van der Waals surface area contributed by atoms with Crippen LogP contribution < -0.4 is 9.62 Å². The number of nitrogens with one attached hydrogen (secondary N) is 2. The summed E-state index contributed by atoms with van der Waals surface area (Å²) < 4.78 is 15.8. The molecule has 1 fully saturated rings. The third-order valence-corrected chi connectivity index (χ3v) is 9.63. The molecule has 6 nitrogen and oxygen atoms in total. The number of rotatable bonds is 6. The summed E-state index contributed by atoms with van der Waals surface area (Å²) >= 11 is 2.17. The molecule has 0 radical (unpaired) electrons. The summed E-state index contributed by atoms with van der Waals surface area (Å²) in [5.41, 5.74) is 2.98. The van der Waals surface area contributed by atoms with E-state index in [0.29, 0.717) is 0 Å². The number of para-hydroxylation sites is 1. The van der Waals surface area contributed by atoms with E-state index in [9.17, 15) is 4.55 Å². The molecule has 0 spiro atoms. The molecular formula is C22H27N5OS3. The van der Waals surface area contributed by atoms with Crippen LogP contribution in [0.25, 0.3) is 10.9 Å². The normalized spacial score (nSPS) is 23.3. The molecule has 3 aromatic rings. The zero-order valence-electron chi connectivity index (χ0n) is 17.8. The largest absolute Gasteiger partial charge is 0.587 e. The molecule has 164 valence electrons. The van der Waals surface area contributed by atoms with E-state index < -0.39 is 11.4 Å². The Hall–Kier alpha value is -1.49. The summed E-state index contributed by atoms with van der Waals surface area (Å²) in [6, 6.07) is 12.2. The van der Waals surface area contributed by atoms with Crippen molar-refractivity contribution in [3.8, 4) is 0 Å². The summed E-state index contributed by atoms with van der Waals surface area (Å²) in [4.78, 5) is 11.0. The number of benzene rings is 1. The highest BCUT2D eigenvalue weighted by atomic mass is 32.2. The van der Waals surface area contributed by atoms with Crippen LogP contribution in [0.3, 0.4) is 0 Å². The Bertz CT molecular complexity index is 1080. The fourth-order valence-corrected chi connectivity index (χ4v) is 7.47. The van der Waals surface area contributed by atoms with Gasteiger partial charge >= 0.3 is 0 Å². The number of nitrogens with zero attached hydrogens (tertiary/aromatic N) is 3. The minimum Gasteiger partial charge on any atom is -0.587 e. The van der Waals surface area contributed by atoms with Crippen LogP contribution >= 0.6 is 23.1 Å². The summed E-state index contributed by atoms with van der Waals surface area (Å²) in [6.45, 7) is 8.56. The molecule has 4 heterocycles. The Kier molecular flexibility index (Phi) is 6.07. The number of fused-ring (bicyclic) bond motifs is 1. The number of thioether (sulfide) groups is 1. The predicted molar refractivity (Wildman–Crippen MR) is 134 cm³/mol.